The normalized spacial score (nSPS) is 11.5. The molecule has 0 saturated heterocycles. The maximum Gasteiger partial charge on any atom is 0.243 e. The fourth-order valence-electron chi connectivity index (χ4n) is 3.22. The lowest BCUT2D eigenvalue weighted by atomic mass is 10.0. The van der Waals surface area contributed by atoms with Crippen molar-refractivity contribution in [2.45, 2.75) is 32.5 Å². The Morgan fingerprint density at radius 3 is 2.30 bits per heavy atom. The second-order valence-electron chi connectivity index (χ2n) is 7.06. The van der Waals surface area contributed by atoms with E-state index in [0.29, 0.717) is 13.0 Å². The fraction of sp³-hybridized carbons (Fsp3) is 0.208. The average molecular weight is 405 g/mol. The van der Waals surface area contributed by atoms with Crippen molar-refractivity contribution in [3.63, 3.8) is 0 Å². The molecule has 6 heteroatoms. The van der Waals surface area contributed by atoms with Crippen molar-refractivity contribution in [2.75, 3.05) is 0 Å². The Morgan fingerprint density at radius 1 is 0.967 bits per heavy atom. The van der Waals surface area contributed by atoms with Crippen LogP contribution in [0.5, 0.6) is 0 Å². The summed E-state index contributed by atoms with van der Waals surface area (Å²) in [6.07, 6.45) is 3.73. The van der Waals surface area contributed by atoms with Gasteiger partial charge in [-0.15, -0.1) is 0 Å². The Labute approximate surface area is 175 Å². The highest BCUT2D eigenvalue weighted by Crippen LogP contribution is 2.15. The van der Waals surface area contributed by atoms with Crippen LogP contribution in [0.3, 0.4) is 0 Å². The molecule has 0 aliphatic heterocycles. The number of hydrogen-bond acceptors (Lipinski definition) is 3. The molecule has 1 atom stereocenters. The van der Waals surface area contributed by atoms with Gasteiger partial charge in [-0.3, -0.25) is 14.6 Å². The van der Waals surface area contributed by atoms with Crippen LogP contribution in [0.25, 0.3) is 0 Å². The summed E-state index contributed by atoms with van der Waals surface area (Å²) in [5.74, 6) is -0.819. The van der Waals surface area contributed by atoms with Crippen LogP contribution in [0.1, 0.15) is 23.6 Å². The van der Waals surface area contributed by atoms with Crippen molar-refractivity contribution >= 4 is 11.8 Å². The molecule has 154 valence electrons. The number of halogens is 1. The zero-order valence-corrected chi connectivity index (χ0v) is 16.8. The van der Waals surface area contributed by atoms with E-state index in [4.69, 9.17) is 0 Å². The first-order valence-corrected chi connectivity index (χ1v) is 9.75. The minimum absolute atomic E-state index is 0.216. The Balaban J connectivity index is 1.82. The predicted octanol–water partition coefficient (Wildman–Crippen LogP) is 3.50. The summed E-state index contributed by atoms with van der Waals surface area (Å²) in [5.41, 5.74) is 2.58. The molecule has 0 aliphatic carbocycles. The third kappa shape index (κ3) is 5.98. The molecule has 0 aliphatic rings. The molecule has 0 saturated carbocycles. The first-order valence-electron chi connectivity index (χ1n) is 9.75. The number of amides is 2. The zero-order valence-electron chi connectivity index (χ0n) is 16.8. The van der Waals surface area contributed by atoms with Gasteiger partial charge in [-0.25, -0.2) is 4.39 Å². The molecule has 0 unspecified atom stereocenters. The molecule has 0 fully saturated rings. The lowest BCUT2D eigenvalue weighted by Crippen LogP contribution is -2.49. The van der Waals surface area contributed by atoms with E-state index >= 15 is 0 Å². The van der Waals surface area contributed by atoms with Crippen molar-refractivity contribution in [1.29, 1.82) is 0 Å². The molecular formula is C24H24FN3O2. The van der Waals surface area contributed by atoms with E-state index in [2.05, 4.69) is 10.3 Å². The van der Waals surface area contributed by atoms with E-state index in [9.17, 15) is 14.0 Å². The first-order chi connectivity index (χ1) is 14.5. The van der Waals surface area contributed by atoms with E-state index in [1.54, 1.807) is 30.6 Å². The van der Waals surface area contributed by atoms with Gasteiger partial charge in [-0.2, -0.15) is 0 Å². The van der Waals surface area contributed by atoms with Crippen LogP contribution >= 0.6 is 0 Å². The summed E-state index contributed by atoms with van der Waals surface area (Å²) in [5, 5.41) is 2.92. The Hall–Kier alpha value is -3.54. The molecular weight excluding hydrogens is 381 g/mol. The van der Waals surface area contributed by atoms with Crippen LogP contribution in [0.15, 0.2) is 79.1 Å². The molecule has 2 aromatic carbocycles. The van der Waals surface area contributed by atoms with Crippen LogP contribution in [-0.2, 0) is 29.1 Å². The van der Waals surface area contributed by atoms with Crippen molar-refractivity contribution < 1.29 is 14.0 Å². The van der Waals surface area contributed by atoms with Gasteiger partial charge in [0, 0.05) is 38.8 Å². The highest BCUT2D eigenvalue weighted by atomic mass is 19.1. The molecule has 1 aromatic heterocycles. The Kier molecular flexibility index (Phi) is 7.27. The third-order valence-electron chi connectivity index (χ3n) is 4.81. The van der Waals surface area contributed by atoms with E-state index in [-0.39, 0.29) is 24.2 Å². The molecule has 3 rings (SSSR count). The number of nitrogens with one attached hydrogen (secondary N) is 1. The predicted molar refractivity (Wildman–Crippen MR) is 113 cm³/mol. The summed E-state index contributed by atoms with van der Waals surface area (Å²) in [7, 11) is 0. The van der Waals surface area contributed by atoms with Crippen LogP contribution in [-0.4, -0.2) is 27.7 Å². The number of carbonyl (C=O) groups is 2. The van der Waals surface area contributed by atoms with Gasteiger partial charge in [-0.1, -0.05) is 48.5 Å². The standard InChI is InChI=1S/C24H24FN3O2/c1-18(29)28(17-20-9-11-22(25)12-10-20)23(14-19-6-3-2-4-7-19)24(30)27-16-21-8-5-13-26-15-21/h2-13,15,23H,14,16-17H2,1H3,(H,27,30)/t23-/m1/s1. The highest BCUT2D eigenvalue weighted by molar-refractivity contribution is 5.87. The molecule has 2 amide bonds. The summed E-state index contributed by atoms with van der Waals surface area (Å²) < 4.78 is 13.3. The molecule has 1 heterocycles. The van der Waals surface area contributed by atoms with E-state index in [1.165, 1.54) is 24.0 Å². The molecule has 5 nitrogen and oxygen atoms in total. The molecule has 0 radical (unpaired) electrons. The Morgan fingerprint density at radius 2 is 1.67 bits per heavy atom. The second kappa shape index (κ2) is 10.3. The minimum Gasteiger partial charge on any atom is -0.350 e. The minimum atomic E-state index is -0.702. The van der Waals surface area contributed by atoms with Gasteiger partial charge < -0.3 is 10.2 Å². The SMILES string of the molecule is CC(=O)N(Cc1ccc(F)cc1)[C@H](Cc1ccccc1)C(=O)NCc1cccnc1. The Bertz CT molecular complexity index is 963. The van der Waals surface area contributed by atoms with Crippen molar-refractivity contribution in [3.05, 3.63) is 102 Å². The van der Waals surface area contributed by atoms with Crippen LogP contribution in [0, 0.1) is 5.82 Å². The van der Waals surface area contributed by atoms with E-state index < -0.39 is 6.04 Å². The van der Waals surface area contributed by atoms with Gasteiger partial charge >= 0.3 is 0 Å². The molecule has 3 aromatic rings. The van der Waals surface area contributed by atoms with E-state index in [0.717, 1.165) is 16.7 Å². The summed E-state index contributed by atoms with van der Waals surface area (Å²) in [6.45, 7) is 1.98. The molecule has 30 heavy (non-hydrogen) atoms. The first kappa shape index (κ1) is 21.2. The van der Waals surface area contributed by atoms with Crippen molar-refractivity contribution in [1.82, 2.24) is 15.2 Å². The number of aromatic nitrogens is 1. The topological polar surface area (TPSA) is 62.3 Å². The van der Waals surface area contributed by atoms with Crippen LogP contribution in [0.2, 0.25) is 0 Å². The van der Waals surface area contributed by atoms with Gasteiger partial charge in [0.2, 0.25) is 11.8 Å². The summed E-state index contributed by atoms with van der Waals surface area (Å²) in [4.78, 5) is 31.2. The number of hydrogen-bond donors (Lipinski definition) is 1. The number of benzene rings is 2. The van der Waals surface area contributed by atoms with Crippen LogP contribution in [0.4, 0.5) is 4.39 Å². The second-order valence-corrected chi connectivity index (χ2v) is 7.06. The monoisotopic (exact) mass is 405 g/mol. The molecule has 0 bridgehead atoms. The van der Waals surface area contributed by atoms with Crippen molar-refractivity contribution in [2.24, 2.45) is 0 Å². The lowest BCUT2D eigenvalue weighted by molar-refractivity contribution is -0.139. The quantitative estimate of drug-likeness (QED) is 0.624. The highest BCUT2D eigenvalue weighted by Gasteiger charge is 2.28. The van der Waals surface area contributed by atoms with E-state index in [1.807, 2.05) is 36.4 Å². The number of pyridine rings is 1. The molecule has 0 spiro atoms. The maximum atomic E-state index is 13.3. The van der Waals surface area contributed by atoms with Gasteiger partial charge in [0.15, 0.2) is 0 Å². The van der Waals surface area contributed by atoms with Gasteiger partial charge in [-0.05, 0) is 34.9 Å². The summed E-state index contributed by atoms with van der Waals surface area (Å²) in [6, 6.07) is 18.5. The number of carbonyl (C=O) groups excluding carboxylic acids is 2. The number of rotatable bonds is 8. The van der Waals surface area contributed by atoms with Crippen molar-refractivity contribution in [3.8, 4) is 0 Å². The van der Waals surface area contributed by atoms with Gasteiger partial charge in [0.05, 0.1) is 0 Å². The lowest BCUT2D eigenvalue weighted by Gasteiger charge is -2.30. The van der Waals surface area contributed by atoms with Crippen LogP contribution < -0.4 is 5.32 Å². The molecule has 1 N–H and O–H groups in total. The van der Waals surface area contributed by atoms with Gasteiger partial charge in [0.1, 0.15) is 11.9 Å². The third-order valence-corrected chi connectivity index (χ3v) is 4.81. The summed E-state index contributed by atoms with van der Waals surface area (Å²) >= 11 is 0. The fourth-order valence-corrected chi connectivity index (χ4v) is 3.22. The number of nitrogens with zero attached hydrogens (tertiary/aromatic N) is 2. The smallest absolute Gasteiger partial charge is 0.243 e. The van der Waals surface area contributed by atoms with Gasteiger partial charge in [0.25, 0.3) is 0 Å². The maximum absolute atomic E-state index is 13.3. The largest absolute Gasteiger partial charge is 0.350 e. The zero-order chi connectivity index (χ0) is 21.3. The average Bonchev–Trinajstić information content (AvgIpc) is 2.77.